The molecule has 2 aromatic rings. The van der Waals surface area contributed by atoms with Crippen LogP contribution in [0, 0.1) is 5.92 Å². The Hall–Kier alpha value is -2.54. The molecule has 8 heteroatoms. The van der Waals surface area contributed by atoms with Gasteiger partial charge in [0.25, 0.3) is 0 Å². The third-order valence-corrected chi connectivity index (χ3v) is 5.77. The van der Waals surface area contributed by atoms with Gasteiger partial charge in [0.05, 0.1) is 19.2 Å². The summed E-state index contributed by atoms with van der Waals surface area (Å²) < 4.78 is 11.9. The topological polar surface area (TPSA) is 76.6 Å². The highest BCUT2D eigenvalue weighted by atomic mass is 35.5. The van der Waals surface area contributed by atoms with Crippen LogP contribution in [0.4, 0.5) is 5.82 Å². The van der Waals surface area contributed by atoms with E-state index in [-0.39, 0.29) is 18.1 Å². The third-order valence-electron chi connectivity index (χ3n) is 5.44. The van der Waals surface area contributed by atoms with Crippen LogP contribution >= 0.6 is 11.6 Å². The SMILES string of the molecule is CC(=O)N[C@@H](C)c1ccc(O[C@@H]2CCN(c3ncnc(OCC4CC4)c3Cl)C2)cc1. The molecule has 1 amide bonds. The first-order valence-corrected chi connectivity index (χ1v) is 10.8. The highest BCUT2D eigenvalue weighted by Gasteiger charge is 2.28. The molecule has 1 saturated heterocycles. The Labute approximate surface area is 181 Å². The number of ether oxygens (including phenoxy) is 2. The molecule has 2 fully saturated rings. The smallest absolute Gasteiger partial charge is 0.237 e. The largest absolute Gasteiger partial charge is 0.489 e. The first-order chi connectivity index (χ1) is 14.5. The average Bonchev–Trinajstić information content (AvgIpc) is 3.44. The quantitative estimate of drug-likeness (QED) is 0.686. The van der Waals surface area contributed by atoms with Crippen LogP contribution in [-0.2, 0) is 4.79 Å². The number of carbonyl (C=O) groups is 1. The molecule has 7 nitrogen and oxygen atoms in total. The summed E-state index contributed by atoms with van der Waals surface area (Å²) >= 11 is 6.52. The normalized spacial score (nSPS) is 19.4. The van der Waals surface area contributed by atoms with E-state index in [0.717, 1.165) is 24.3 Å². The monoisotopic (exact) mass is 430 g/mol. The fourth-order valence-corrected chi connectivity index (χ4v) is 3.85. The van der Waals surface area contributed by atoms with Crippen molar-refractivity contribution in [2.24, 2.45) is 5.92 Å². The van der Waals surface area contributed by atoms with E-state index in [9.17, 15) is 4.79 Å². The molecule has 1 aliphatic carbocycles. The third kappa shape index (κ3) is 5.14. The van der Waals surface area contributed by atoms with Gasteiger partial charge in [0.1, 0.15) is 23.2 Å². The number of rotatable bonds is 8. The Kier molecular flexibility index (Phi) is 6.27. The zero-order chi connectivity index (χ0) is 21.1. The summed E-state index contributed by atoms with van der Waals surface area (Å²) in [6.45, 7) is 5.65. The molecule has 2 atom stereocenters. The number of halogens is 1. The van der Waals surface area contributed by atoms with Gasteiger partial charge in [0.2, 0.25) is 11.8 Å². The fourth-order valence-electron chi connectivity index (χ4n) is 3.58. The van der Waals surface area contributed by atoms with E-state index in [1.807, 2.05) is 31.2 Å². The molecule has 0 bridgehead atoms. The average molecular weight is 431 g/mol. The minimum absolute atomic E-state index is 0.0326. The van der Waals surface area contributed by atoms with Crippen LogP contribution in [0.5, 0.6) is 11.6 Å². The highest BCUT2D eigenvalue weighted by Crippen LogP contribution is 2.35. The standard InChI is InChI=1S/C22H27ClN4O3/c1-14(26-15(2)28)17-5-7-18(8-6-17)30-19-9-10-27(11-19)21-20(23)22(25-13-24-21)29-12-16-3-4-16/h5-8,13-14,16,19H,3-4,9-12H2,1-2H3,(H,26,28)/t14-,19+/m0/s1. The van der Waals surface area contributed by atoms with Crippen LogP contribution in [0.25, 0.3) is 0 Å². The van der Waals surface area contributed by atoms with Crippen molar-refractivity contribution in [3.63, 3.8) is 0 Å². The molecule has 2 aliphatic rings. The summed E-state index contributed by atoms with van der Waals surface area (Å²) in [7, 11) is 0. The lowest BCUT2D eigenvalue weighted by molar-refractivity contribution is -0.119. The number of anilines is 1. The van der Waals surface area contributed by atoms with E-state index < -0.39 is 0 Å². The molecule has 30 heavy (non-hydrogen) atoms. The molecule has 160 valence electrons. The Bertz CT molecular complexity index is 888. The predicted octanol–water partition coefficient (Wildman–Crippen LogP) is 3.77. The van der Waals surface area contributed by atoms with Gasteiger partial charge >= 0.3 is 0 Å². The van der Waals surface area contributed by atoms with Gasteiger partial charge in [-0.3, -0.25) is 4.79 Å². The molecule has 0 spiro atoms. The van der Waals surface area contributed by atoms with E-state index in [2.05, 4.69) is 20.2 Å². The van der Waals surface area contributed by atoms with Gasteiger partial charge in [0, 0.05) is 19.9 Å². The number of carbonyl (C=O) groups excluding carboxylic acids is 1. The molecule has 1 aromatic carbocycles. The number of hydrogen-bond donors (Lipinski definition) is 1. The van der Waals surface area contributed by atoms with Gasteiger partial charge in [-0.15, -0.1) is 0 Å². The molecule has 1 N–H and O–H groups in total. The summed E-state index contributed by atoms with van der Waals surface area (Å²) in [5, 5.41) is 3.35. The van der Waals surface area contributed by atoms with Gasteiger partial charge in [-0.2, -0.15) is 0 Å². The van der Waals surface area contributed by atoms with Crippen LogP contribution < -0.4 is 19.7 Å². The minimum Gasteiger partial charge on any atom is -0.489 e. The number of hydrogen-bond acceptors (Lipinski definition) is 6. The summed E-state index contributed by atoms with van der Waals surface area (Å²) in [4.78, 5) is 21.9. The van der Waals surface area contributed by atoms with E-state index >= 15 is 0 Å². The van der Waals surface area contributed by atoms with E-state index in [0.29, 0.717) is 35.8 Å². The van der Waals surface area contributed by atoms with Gasteiger partial charge in [-0.05, 0) is 43.4 Å². The fraction of sp³-hybridized carbons (Fsp3) is 0.500. The van der Waals surface area contributed by atoms with Crippen LogP contribution in [0.3, 0.4) is 0 Å². The van der Waals surface area contributed by atoms with Gasteiger partial charge < -0.3 is 19.7 Å². The number of aromatic nitrogens is 2. The molecule has 1 saturated carbocycles. The second-order valence-corrected chi connectivity index (χ2v) is 8.41. The second-order valence-electron chi connectivity index (χ2n) is 8.04. The van der Waals surface area contributed by atoms with E-state index in [1.165, 1.54) is 26.1 Å². The van der Waals surface area contributed by atoms with Crippen LogP contribution in [0.1, 0.15) is 44.7 Å². The number of nitrogens with one attached hydrogen (secondary N) is 1. The maximum atomic E-state index is 11.2. The van der Waals surface area contributed by atoms with Crippen LogP contribution in [-0.4, -0.2) is 41.7 Å². The Morgan fingerprint density at radius 3 is 2.73 bits per heavy atom. The van der Waals surface area contributed by atoms with Crippen molar-refractivity contribution in [3.05, 3.63) is 41.2 Å². The predicted molar refractivity (Wildman–Crippen MR) is 115 cm³/mol. The van der Waals surface area contributed by atoms with Crippen molar-refractivity contribution in [2.75, 3.05) is 24.6 Å². The molecule has 1 aromatic heterocycles. The zero-order valence-electron chi connectivity index (χ0n) is 17.3. The van der Waals surface area contributed by atoms with Crippen molar-refractivity contribution in [2.45, 2.75) is 45.3 Å². The van der Waals surface area contributed by atoms with E-state index in [4.69, 9.17) is 21.1 Å². The lowest BCUT2D eigenvalue weighted by Crippen LogP contribution is -2.26. The first-order valence-electron chi connectivity index (χ1n) is 10.4. The second kappa shape index (κ2) is 9.08. The Balaban J connectivity index is 1.34. The number of amides is 1. The van der Waals surface area contributed by atoms with Crippen molar-refractivity contribution >= 4 is 23.3 Å². The van der Waals surface area contributed by atoms with Crippen LogP contribution in [0.15, 0.2) is 30.6 Å². The lowest BCUT2D eigenvalue weighted by atomic mass is 10.1. The molecule has 4 rings (SSSR count). The summed E-state index contributed by atoms with van der Waals surface area (Å²) in [5.41, 5.74) is 1.04. The van der Waals surface area contributed by atoms with E-state index in [1.54, 1.807) is 0 Å². The first kappa shape index (κ1) is 20.7. The molecular weight excluding hydrogens is 404 g/mol. The summed E-state index contributed by atoms with van der Waals surface area (Å²) in [6, 6.07) is 7.81. The maximum absolute atomic E-state index is 11.2. The van der Waals surface area contributed by atoms with Crippen molar-refractivity contribution in [3.8, 4) is 11.6 Å². The minimum atomic E-state index is -0.0432. The molecule has 0 radical (unpaired) electrons. The summed E-state index contributed by atoms with van der Waals surface area (Å²) in [6.07, 6.45) is 4.86. The van der Waals surface area contributed by atoms with Crippen LogP contribution in [0.2, 0.25) is 5.02 Å². The maximum Gasteiger partial charge on any atom is 0.237 e. The Morgan fingerprint density at radius 2 is 2.03 bits per heavy atom. The van der Waals surface area contributed by atoms with Crippen molar-refractivity contribution in [1.82, 2.24) is 15.3 Å². The molecule has 1 aliphatic heterocycles. The molecule has 2 heterocycles. The number of nitrogens with zero attached hydrogens (tertiary/aromatic N) is 3. The Morgan fingerprint density at radius 1 is 1.27 bits per heavy atom. The zero-order valence-corrected chi connectivity index (χ0v) is 18.1. The number of benzene rings is 1. The summed E-state index contributed by atoms with van der Waals surface area (Å²) in [5.74, 6) is 2.56. The van der Waals surface area contributed by atoms with Gasteiger partial charge in [0.15, 0.2) is 5.82 Å². The molecular formula is C22H27ClN4O3. The van der Waals surface area contributed by atoms with Gasteiger partial charge in [-0.1, -0.05) is 23.7 Å². The molecule has 0 unspecified atom stereocenters. The van der Waals surface area contributed by atoms with Gasteiger partial charge in [-0.25, -0.2) is 9.97 Å². The van der Waals surface area contributed by atoms with Crippen molar-refractivity contribution in [1.29, 1.82) is 0 Å². The highest BCUT2D eigenvalue weighted by molar-refractivity contribution is 6.34. The van der Waals surface area contributed by atoms with Crippen molar-refractivity contribution < 1.29 is 14.3 Å². The lowest BCUT2D eigenvalue weighted by Gasteiger charge is -2.20.